The largest absolute Gasteiger partial charge is 0.507 e. The van der Waals surface area contributed by atoms with Gasteiger partial charge in [-0.25, -0.2) is 5.43 Å². The molecular formula is C21H16BrN3O5. The number of benzene rings is 3. The molecule has 3 rings (SSSR count). The van der Waals surface area contributed by atoms with Crippen LogP contribution in [-0.2, 0) is 6.61 Å². The fourth-order valence-corrected chi connectivity index (χ4v) is 2.87. The number of nitrogens with zero attached hydrogens (tertiary/aromatic N) is 2. The van der Waals surface area contributed by atoms with E-state index in [1.807, 2.05) is 0 Å². The van der Waals surface area contributed by atoms with Crippen molar-refractivity contribution in [2.24, 2.45) is 5.10 Å². The molecule has 0 aliphatic heterocycles. The molecule has 9 heteroatoms. The maximum Gasteiger partial charge on any atom is 0.275 e. The van der Waals surface area contributed by atoms with Crippen molar-refractivity contribution in [2.75, 3.05) is 0 Å². The summed E-state index contributed by atoms with van der Waals surface area (Å²) in [5, 5.41) is 24.5. The van der Waals surface area contributed by atoms with Crippen molar-refractivity contribution < 1.29 is 19.6 Å². The second-order valence-corrected chi connectivity index (χ2v) is 7.03. The summed E-state index contributed by atoms with van der Waals surface area (Å²) < 4.78 is 6.43. The fraction of sp³-hybridized carbons (Fsp3) is 0.0476. The number of hydrogen-bond acceptors (Lipinski definition) is 6. The molecule has 0 heterocycles. The lowest BCUT2D eigenvalue weighted by Gasteiger charge is -2.09. The van der Waals surface area contributed by atoms with Crippen LogP contribution in [0.15, 0.2) is 76.3 Å². The van der Waals surface area contributed by atoms with Crippen LogP contribution in [0.2, 0.25) is 0 Å². The SMILES string of the molecule is O=C(N/N=C/c1ccccc1OCc1ccc([N+](=O)[O-])cc1)c1cc(Br)ccc1O. The number of phenolic OH excluding ortho intramolecular Hbond substituents is 1. The van der Waals surface area contributed by atoms with Gasteiger partial charge in [0.05, 0.1) is 16.7 Å². The molecule has 0 unspecified atom stereocenters. The molecule has 0 bridgehead atoms. The molecule has 0 fully saturated rings. The normalized spacial score (nSPS) is 10.7. The Bertz CT molecular complexity index is 1100. The molecular weight excluding hydrogens is 454 g/mol. The zero-order chi connectivity index (χ0) is 21.5. The number of hydrazone groups is 1. The van der Waals surface area contributed by atoms with E-state index in [9.17, 15) is 20.0 Å². The molecule has 2 N–H and O–H groups in total. The van der Waals surface area contributed by atoms with E-state index in [1.165, 1.54) is 30.5 Å². The molecule has 0 aromatic heterocycles. The highest BCUT2D eigenvalue weighted by molar-refractivity contribution is 9.10. The number of aromatic hydroxyl groups is 1. The van der Waals surface area contributed by atoms with Gasteiger partial charge in [0.1, 0.15) is 18.1 Å². The number of rotatable bonds is 7. The number of halogens is 1. The molecule has 8 nitrogen and oxygen atoms in total. The van der Waals surface area contributed by atoms with Crippen LogP contribution in [-0.4, -0.2) is 22.2 Å². The van der Waals surface area contributed by atoms with Crippen LogP contribution in [0, 0.1) is 10.1 Å². The minimum absolute atomic E-state index is 0.0125. The van der Waals surface area contributed by atoms with Gasteiger partial charge >= 0.3 is 0 Å². The molecule has 0 spiro atoms. The quantitative estimate of drug-likeness (QED) is 0.302. The van der Waals surface area contributed by atoms with Gasteiger partial charge in [0.15, 0.2) is 0 Å². The van der Waals surface area contributed by atoms with E-state index in [0.717, 1.165) is 5.56 Å². The lowest BCUT2D eigenvalue weighted by atomic mass is 10.2. The molecule has 3 aromatic carbocycles. The van der Waals surface area contributed by atoms with E-state index < -0.39 is 10.8 Å². The number of para-hydroxylation sites is 1. The standard InChI is InChI=1S/C21H16BrN3O5/c22-16-7-10-19(26)18(11-16)21(27)24-23-12-15-3-1-2-4-20(15)30-13-14-5-8-17(9-6-14)25(28)29/h1-12,26H,13H2,(H,24,27)/b23-12+. The van der Waals surface area contributed by atoms with Gasteiger partial charge in [-0.3, -0.25) is 14.9 Å². The summed E-state index contributed by atoms with van der Waals surface area (Å²) in [5.41, 5.74) is 3.86. The van der Waals surface area contributed by atoms with Crippen molar-refractivity contribution in [3.63, 3.8) is 0 Å². The van der Waals surface area contributed by atoms with Crippen LogP contribution in [0.3, 0.4) is 0 Å². The summed E-state index contributed by atoms with van der Waals surface area (Å²) in [6.45, 7) is 0.209. The Labute approximate surface area is 180 Å². The average molecular weight is 470 g/mol. The van der Waals surface area contributed by atoms with Gasteiger partial charge in [-0.2, -0.15) is 5.10 Å². The van der Waals surface area contributed by atoms with Crippen molar-refractivity contribution in [1.82, 2.24) is 5.43 Å². The van der Waals surface area contributed by atoms with Crippen LogP contribution in [0.5, 0.6) is 11.5 Å². The second kappa shape index (κ2) is 9.66. The van der Waals surface area contributed by atoms with Gasteiger partial charge < -0.3 is 9.84 Å². The Morgan fingerprint density at radius 3 is 2.63 bits per heavy atom. The fourth-order valence-electron chi connectivity index (χ4n) is 2.50. The summed E-state index contributed by atoms with van der Waals surface area (Å²) in [7, 11) is 0. The zero-order valence-electron chi connectivity index (χ0n) is 15.5. The van der Waals surface area contributed by atoms with Gasteiger partial charge in [-0.1, -0.05) is 28.1 Å². The number of nitro groups is 1. The minimum atomic E-state index is -0.561. The Kier molecular flexibility index (Phi) is 6.76. The first kappa shape index (κ1) is 21.0. The molecule has 0 saturated carbocycles. The number of nitrogens with one attached hydrogen (secondary N) is 1. The van der Waals surface area contributed by atoms with E-state index in [4.69, 9.17) is 4.74 Å². The van der Waals surface area contributed by atoms with Crippen molar-refractivity contribution in [2.45, 2.75) is 6.61 Å². The molecule has 3 aromatic rings. The second-order valence-electron chi connectivity index (χ2n) is 6.11. The number of nitro benzene ring substituents is 1. The molecule has 0 aliphatic rings. The van der Waals surface area contributed by atoms with Gasteiger partial charge in [0.2, 0.25) is 0 Å². The topological polar surface area (TPSA) is 114 Å². The molecule has 0 radical (unpaired) electrons. The highest BCUT2D eigenvalue weighted by atomic mass is 79.9. The predicted molar refractivity (Wildman–Crippen MR) is 115 cm³/mol. The summed E-state index contributed by atoms with van der Waals surface area (Å²) in [6, 6.07) is 17.7. The molecule has 0 aliphatic carbocycles. The lowest BCUT2D eigenvalue weighted by Crippen LogP contribution is -2.17. The smallest absolute Gasteiger partial charge is 0.275 e. The van der Waals surface area contributed by atoms with Crippen molar-refractivity contribution in [1.29, 1.82) is 0 Å². The van der Waals surface area contributed by atoms with Crippen molar-refractivity contribution in [3.05, 3.63) is 98.0 Å². The number of amides is 1. The summed E-state index contributed by atoms with van der Waals surface area (Å²) in [5.74, 6) is -0.189. The van der Waals surface area contributed by atoms with Crippen LogP contribution in [0.1, 0.15) is 21.5 Å². The van der Waals surface area contributed by atoms with Crippen molar-refractivity contribution >= 4 is 33.7 Å². The lowest BCUT2D eigenvalue weighted by molar-refractivity contribution is -0.384. The average Bonchev–Trinajstić information content (AvgIpc) is 2.75. The number of non-ortho nitro benzene ring substituents is 1. The van der Waals surface area contributed by atoms with Crippen LogP contribution in [0.25, 0.3) is 0 Å². The van der Waals surface area contributed by atoms with Crippen LogP contribution >= 0.6 is 15.9 Å². The molecule has 30 heavy (non-hydrogen) atoms. The van der Waals surface area contributed by atoms with Crippen LogP contribution < -0.4 is 10.2 Å². The number of hydrogen-bond donors (Lipinski definition) is 2. The Hall–Kier alpha value is -3.72. The molecule has 0 atom stereocenters. The highest BCUT2D eigenvalue weighted by Gasteiger charge is 2.11. The van der Waals surface area contributed by atoms with E-state index in [0.29, 0.717) is 15.8 Å². The summed E-state index contributed by atoms with van der Waals surface area (Å²) in [6.07, 6.45) is 1.43. The number of ether oxygens (including phenoxy) is 1. The number of phenols is 1. The third-order valence-electron chi connectivity index (χ3n) is 4.03. The molecule has 152 valence electrons. The van der Waals surface area contributed by atoms with Gasteiger partial charge in [-0.05, 0) is 48.0 Å². The summed E-state index contributed by atoms with van der Waals surface area (Å²) >= 11 is 3.25. The van der Waals surface area contributed by atoms with Crippen LogP contribution in [0.4, 0.5) is 5.69 Å². The zero-order valence-corrected chi connectivity index (χ0v) is 17.1. The van der Waals surface area contributed by atoms with Gasteiger partial charge in [0.25, 0.3) is 11.6 Å². The van der Waals surface area contributed by atoms with Crippen molar-refractivity contribution in [3.8, 4) is 11.5 Å². The Balaban J connectivity index is 1.65. The molecule has 1 amide bonds. The van der Waals surface area contributed by atoms with E-state index in [2.05, 4.69) is 26.5 Å². The third-order valence-corrected chi connectivity index (χ3v) is 4.53. The molecule has 0 saturated heterocycles. The Morgan fingerprint density at radius 2 is 1.90 bits per heavy atom. The first-order valence-corrected chi connectivity index (χ1v) is 9.50. The maximum absolute atomic E-state index is 12.2. The van der Waals surface area contributed by atoms with E-state index >= 15 is 0 Å². The van der Waals surface area contributed by atoms with Gasteiger partial charge in [0, 0.05) is 22.2 Å². The first-order chi connectivity index (χ1) is 14.4. The predicted octanol–water partition coefficient (Wildman–Crippen LogP) is 4.41. The first-order valence-electron chi connectivity index (χ1n) is 8.71. The number of carbonyl (C=O) groups is 1. The highest BCUT2D eigenvalue weighted by Crippen LogP contribution is 2.22. The van der Waals surface area contributed by atoms with E-state index in [1.54, 1.807) is 42.5 Å². The van der Waals surface area contributed by atoms with Gasteiger partial charge in [-0.15, -0.1) is 0 Å². The monoisotopic (exact) mass is 469 g/mol. The summed E-state index contributed by atoms with van der Waals surface area (Å²) in [4.78, 5) is 22.5. The minimum Gasteiger partial charge on any atom is -0.507 e. The Morgan fingerprint density at radius 1 is 1.17 bits per heavy atom. The maximum atomic E-state index is 12.2. The number of carbonyl (C=O) groups excluding carboxylic acids is 1. The third kappa shape index (κ3) is 5.42. The van der Waals surface area contributed by atoms with E-state index in [-0.39, 0.29) is 23.6 Å².